The van der Waals surface area contributed by atoms with Gasteiger partial charge in [0.05, 0.1) is 13.2 Å². The third kappa shape index (κ3) is 3.28. The maximum atomic E-state index is 12.4. The molecule has 1 saturated heterocycles. The van der Waals surface area contributed by atoms with Crippen molar-refractivity contribution in [1.29, 1.82) is 0 Å². The van der Waals surface area contributed by atoms with Gasteiger partial charge < -0.3 is 19.0 Å². The Morgan fingerprint density at radius 3 is 2.70 bits per heavy atom. The van der Waals surface area contributed by atoms with E-state index in [-0.39, 0.29) is 29.8 Å². The smallest absolute Gasteiger partial charge is 0.292 e. The van der Waals surface area contributed by atoms with Gasteiger partial charge in [-0.1, -0.05) is 5.16 Å². The molecule has 1 aliphatic rings. The topological polar surface area (TPSA) is 115 Å². The predicted octanol–water partition coefficient (Wildman–Crippen LogP) is 0.849. The van der Waals surface area contributed by atoms with E-state index < -0.39 is 15.9 Å². The number of hydrogen-bond acceptors (Lipinski definition) is 7. The van der Waals surface area contributed by atoms with E-state index in [1.54, 1.807) is 6.92 Å². The lowest BCUT2D eigenvalue weighted by molar-refractivity contribution is 0.0723. The Bertz CT molecular complexity index is 803. The predicted molar refractivity (Wildman–Crippen MR) is 77.5 cm³/mol. The number of nitrogens with one attached hydrogen (secondary N) is 1. The Morgan fingerprint density at radius 2 is 2.04 bits per heavy atom. The first kappa shape index (κ1) is 15.7. The number of carbonyl (C=O) groups is 1. The van der Waals surface area contributed by atoms with E-state index in [9.17, 15) is 13.2 Å². The number of ether oxygens (including phenoxy) is 1. The average Bonchev–Trinajstić information content (AvgIpc) is 3.18. The summed E-state index contributed by atoms with van der Waals surface area (Å²) < 4.78 is 41.2. The van der Waals surface area contributed by atoms with Crippen molar-refractivity contribution in [3.05, 3.63) is 29.7 Å². The molecule has 0 spiro atoms. The lowest BCUT2D eigenvalue weighted by Gasteiger charge is -2.24. The summed E-state index contributed by atoms with van der Waals surface area (Å²) in [6.07, 6.45) is 0. The Labute approximate surface area is 132 Å². The molecule has 1 aliphatic heterocycles. The molecule has 1 amide bonds. The summed E-state index contributed by atoms with van der Waals surface area (Å²) >= 11 is 0. The van der Waals surface area contributed by atoms with Crippen LogP contribution in [0.4, 0.5) is 5.82 Å². The molecule has 0 unspecified atom stereocenters. The lowest BCUT2D eigenvalue weighted by atomic mass is 10.4. The first-order valence-electron chi connectivity index (χ1n) is 6.89. The largest absolute Gasteiger partial charge is 0.438 e. The summed E-state index contributed by atoms with van der Waals surface area (Å²) in [6, 6.07) is 4.09. The Hall–Kier alpha value is -2.17. The number of furan rings is 1. The first-order chi connectivity index (χ1) is 11.0. The molecule has 1 fully saturated rings. The summed E-state index contributed by atoms with van der Waals surface area (Å²) in [5.41, 5.74) is 0. The van der Waals surface area contributed by atoms with Crippen LogP contribution >= 0.6 is 0 Å². The molecule has 1 N–H and O–H groups in total. The molecule has 0 aromatic carbocycles. The highest BCUT2D eigenvalue weighted by Gasteiger charge is 2.30. The van der Waals surface area contributed by atoms with E-state index in [0.717, 1.165) is 0 Å². The van der Waals surface area contributed by atoms with Gasteiger partial charge in [-0.15, -0.1) is 0 Å². The molecular weight excluding hydrogens is 326 g/mol. The minimum Gasteiger partial charge on any atom is -0.438 e. The number of hydrogen-bond donors (Lipinski definition) is 1. The normalized spacial score (nSPS) is 16.4. The zero-order valence-electron chi connectivity index (χ0n) is 12.3. The van der Waals surface area contributed by atoms with Crippen LogP contribution in [0.1, 0.15) is 16.3 Å². The SMILES string of the molecule is Cc1cc(NC(=O)c2ccc(S(=O)(=O)N3CCOCC3)o2)no1. The Balaban J connectivity index is 1.75. The summed E-state index contributed by atoms with van der Waals surface area (Å²) in [4.78, 5) is 12.0. The van der Waals surface area contributed by atoms with Gasteiger partial charge in [-0.05, 0) is 19.1 Å². The van der Waals surface area contributed by atoms with Gasteiger partial charge in [0.25, 0.3) is 15.9 Å². The standard InChI is InChI=1S/C13H15N3O6S/c1-9-8-11(15-22-9)14-13(17)10-2-3-12(21-10)23(18,19)16-4-6-20-7-5-16/h2-3,8H,4-7H2,1H3,(H,14,15,17). The van der Waals surface area contributed by atoms with Gasteiger partial charge in [-0.25, -0.2) is 8.42 Å². The molecule has 3 rings (SSSR count). The monoisotopic (exact) mass is 341 g/mol. The molecule has 0 radical (unpaired) electrons. The van der Waals surface area contributed by atoms with Crippen molar-refractivity contribution in [2.24, 2.45) is 0 Å². The highest BCUT2D eigenvalue weighted by Crippen LogP contribution is 2.20. The van der Waals surface area contributed by atoms with Crippen LogP contribution in [0.2, 0.25) is 0 Å². The van der Waals surface area contributed by atoms with E-state index in [0.29, 0.717) is 19.0 Å². The second-order valence-electron chi connectivity index (χ2n) is 4.91. The second kappa shape index (κ2) is 6.14. The second-order valence-corrected chi connectivity index (χ2v) is 6.78. The number of nitrogens with zero attached hydrogens (tertiary/aromatic N) is 2. The summed E-state index contributed by atoms with van der Waals surface area (Å²) in [5.74, 6) is 0.0241. The third-order valence-electron chi connectivity index (χ3n) is 3.24. The van der Waals surface area contributed by atoms with Crippen LogP contribution in [-0.2, 0) is 14.8 Å². The fraction of sp³-hybridized carbons (Fsp3) is 0.385. The van der Waals surface area contributed by atoms with Gasteiger partial charge in [0.1, 0.15) is 5.76 Å². The van der Waals surface area contributed by atoms with E-state index >= 15 is 0 Å². The molecule has 0 atom stereocenters. The van der Waals surface area contributed by atoms with Crippen LogP contribution in [0.15, 0.2) is 32.2 Å². The van der Waals surface area contributed by atoms with Gasteiger partial charge in [0.15, 0.2) is 11.6 Å². The first-order valence-corrected chi connectivity index (χ1v) is 8.33. The number of sulfonamides is 1. The van der Waals surface area contributed by atoms with Crippen LogP contribution in [0.3, 0.4) is 0 Å². The molecule has 3 heterocycles. The van der Waals surface area contributed by atoms with Gasteiger partial charge in [0.2, 0.25) is 5.09 Å². The van der Waals surface area contributed by atoms with E-state index in [1.165, 1.54) is 22.5 Å². The minimum atomic E-state index is -3.77. The molecule has 23 heavy (non-hydrogen) atoms. The Kier molecular flexibility index (Phi) is 4.20. The van der Waals surface area contributed by atoms with E-state index in [4.69, 9.17) is 13.7 Å². The van der Waals surface area contributed by atoms with Crippen molar-refractivity contribution in [3.8, 4) is 0 Å². The highest BCUT2D eigenvalue weighted by molar-refractivity contribution is 7.89. The molecule has 124 valence electrons. The third-order valence-corrected chi connectivity index (χ3v) is 5.01. The lowest BCUT2D eigenvalue weighted by Crippen LogP contribution is -2.40. The number of rotatable bonds is 4. The Morgan fingerprint density at radius 1 is 1.30 bits per heavy atom. The summed E-state index contributed by atoms with van der Waals surface area (Å²) in [7, 11) is -3.77. The van der Waals surface area contributed by atoms with Gasteiger partial charge in [-0.2, -0.15) is 4.31 Å². The van der Waals surface area contributed by atoms with E-state index in [2.05, 4.69) is 10.5 Å². The number of anilines is 1. The average molecular weight is 341 g/mol. The van der Waals surface area contributed by atoms with Crippen LogP contribution in [-0.4, -0.2) is 50.1 Å². The van der Waals surface area contributed by atoms with Gasteiger partial charge in [0, 0.05) is 19.2 Å². The highest BCUT2D eigenvalue weighted by atomic mass is 32.2. The fourth-order valence-electron chi connectivity index (χ4n) is 2.10. The number of aromatic nitrogens is 1. The maximum absolute atomic E-state index is 12.4. The quantitative estimate of drug-likeness (QED) is 0.876. The van der Waals surface area contributed by atoms with Crippen LogP contribution in [0, 0.1) is 6.92 Å². The van der Waals surface area contributed by atoms with Crippen LogP contribution in [0.5, 0.6) is 0 Å². The molecule has 0 aliphatic carbocycles. The van der Waals surface area contributed by atoms with Crippen LogP contribution in [0.25, 0.3) is 0 Å². The zero-order chi connectivity index (χ0) is 16.4. The molecule has 0 saturated carbocycles. The minimum absolute atomic E-state index is 0.127. The molecule has 10 heteroatoms. The van der Waals surface area contributed by atoms with Crippen molar-refractivity contribution in [3.63, 3.8) is 0 Å². The molecular formula is C13H15N3O6S. The number of amides is 1. The summed E-state index contributed by atoms with van der Waals surface area (Å²) in [5, 5.41) is 5.80. The number of aryl methyl sites for hydroxylation is 1. The molecule has 2 aromatic rings. The van der Waals surface area contributed by atoms with Crippen molar-refractivity contribution < 1.29 is 26.9 Å². The molecule has 0 bridgehead atoms. The van der Waals surface area contributed by atoms with Crippen molar-refractivity contribution in [2.75, 3.05) is 31.6 Å². The molecule has 9 nitrogen and oxygen atoms in total. The maximum Gasteiger partial charge on any atom is 0.292 e. The van der Waals surface area contributed by atoms with Gasteiger partial charge >= 0.3 is 0 Å². The number of carbonyl (C=O) groups excluding carboxylic acids is 1. The van der Waals surface area contributed by atoms with Crippen LogP contribution < -0.4 is 5.32 Å². The summed E-state index contributed by atoms with van der Waals surface area (Å²) in [6.45, 7) is 2.85. The number of morpholine rings is 1. The van der Waals surface area contributed by atoms with Crippen molar-refractivity contribution >= 4 is 21.7 Å². The zero-order valence-corrected chi connectivity index (χ0v) is 13.1. The molecule has 2 aromatic heterocycles. The fourth-order valence-corrected chi connectivity index (χ4v) is 3.42. The van der Waals surface area contributed by atoms with Gasteiger partial charge in [-0.3, -0.25) is 4.79 Å². The van der Waals surface area contributed by atoms with Crippen molar-refractivity contribution in [1.82, 2.24) is 9.46 Å². The van der Waals surface area contributed by atoms with E-state index in [1.807, 2.05) is 0 Å². The van der Waals surface area contributed by atoms with Crippen molar-refractivity contribution in [2.45, 2.75) is 12.0 Å².